The summed E-state index contributed by atoms with van der Waals surface area (Å²) in [6.45, 7) is 5.38. The van der Waals surface area contributed by atoms with E-state index in [0.717, 1.165) is 19.4 Å². The Balaban J connectivity index is 2.35. The van der Waals surface area contributed by atoms with Crippen LogP contribution in [0.25, 0.3) is 0 Å². The van der Waals surface area contributed by atoms with Crippen LogP contribution in [-0.2, 0) is 9.53 Å². The highest BCUT2D eigenvalue weighted by atomic mass is 16.5. The lowest BCUT2D eigenvalue weighted by atomic mass is 9.93. The molecule has 2 atom stereocenters. The molecule has 0 bridgehead atoms. The molecule has 3 heteroatoms. The van der Waals surface area contributed by atoms with Gasteiger partial charge in [0, 0.05) is 6.04 Å². The molecule has 3 nitrogen and oxygen atoms in total. The molecule has 1 saturated heterocycles. The van der Waals surface area contributed by atoms with Crippen molar-refractivity contribution in [2.24, 2.45) is 5.92 Å². The van der Waals surface area contributed by atoms with E-state index in [1.54, 1.807) is 0 Å². The van der Waals surface area contributed by atoms with Gasteiger partial charge in [-0.2, -0.15) is 0 Å². The van der Waals surface area contributed by atoms with Gasteiger partial charge in [0.2, 0.25) is 0 Å². The Bertz CT molecular complexity index is 159. The first-order valence-corrected chi connectivity index (χ1v) is 4.64. The maximum Gasteiger partial charge on any atom is 0.309 e. The molecular weight excluding hydrogens is 154 g/mol. The van der Waals surface area contributed by atoms with Crippen molar-refractivity contribution in [3.8, 4) is 0 Å². The molecule has 0 saturated carbocycles. The Morgan fingerprint density at radius 2 is 2.42 bits per heavy atom. The minimum absolute atomic E-state index is 0.0224. The third kappa shape index (κ3) is 2.48. The summed E-state index contributed by atoms with van der Waals surface area (Å²) in [5, 5.41) is 3.30. The standard InChI is InChI=1S/C9H17NO2/c1-3-12-9(11)8-4-5-10-7(2)6-8/h7-8,10H,3-6H2,1-2H3/t7-,8-/m1/s1. The second-order valence-corrected chi connectivity index (χ2v) is 3.33. The predicted molar refractivity (Wildman–Crippen MR) is 46.8 cm³/mol. The fourth-order valence-corrected chi connectivity index (χ4v) is 1.61. The zero-order valence-corrected chi connectivity index (χ0v) is 7.80. The van der Waals surface area contributed by atoms with Crippen LogP contribution in [0.5, 0.6) is 0 Å². The Morgan fingerprint density at radius 3 is 3.00 bits per heavy atom. The van der Waals surface area contributed by atoms with Crippen LogP contribution in [-0.4, -0.2) is 25.2 Å². The highest BCUT2D eigenvalue weighted by Crippen LogP contribution is 2.17. The number of nitrogens with one attached hydrogen (secondary N) is 1. The first-order chi connectivity index (χ1) is 5.74. The molecule has 1 N–H and O–H groups in total. The van der Waals surface area contributed by atoms with E-state index in [4.69, 9.17) is 4.74 Å². The molecule has 0 aliphatic carbocycles. The third-order valence-electron chi connectivity index (χ3n) is 2.24. The Kier molecular flexibility index (Phi) is 3.53. The molecule has 0 unspecified atom stereocenters. The van der Waals surface area contributed by atoms with Crippen molar-refractivity contribution in [2.45, 2.75) is 32.7 Å². The van der Waals surface area contributed by atoms with Crippen molar-refractivity contribution in [2.75, 3.05) is 13.2 Å². The normalized spacial score (nSPS) is 29.8. The van der Waals surface area contributed by atoms with Gasteiger partial charge in [0.15, 0.2) is 0 Å². The van der Waals surface area contributed by atoms with Gasteiger partial charge in [-0.1, -0.05) is 0 Å². The maximum absolute atomic E-state index is 11.3. The fraction of sp³-hybridized carbons (Fsp3) is 0.889. The summed E-state index contributed by atoms with van der Waals surface area (Å²) in [6, 6.07) is 0.452. The predicted octanol–water partition coefficient (Wildman–Crippen LogP) is 0.938. The van der Waals surface area contributed by atoms with Gasteiger partial charge in [-0.25, -0.2) is 0 Å². The number of hydrogen-bond donors (Lipinski definition) is 1. The molecule has 0 amide bonds. The zero-order valence-electron chi connectivity index (χ0n) is 7.80. The molecule has 0 aromatic rings. The lowest BCUT2D eigenvalue weighted by Crippen LogP contribution is -2.39. The molecule has 12 heavy (non-hydrogen) atoms. The number of carbonyl (C=O) groups is 1. The van der Waals surface area contributed by atoms with Gasteiger partial charge in [0.25, 0.3) is 0 Å². The van der Waals surface area contributed by atoms with Crippen molar-refractivity contribution >= 4 is 5.97 Å². The molecule has 1 aliphatic heterocycles. The summed E-state index contributed by atoms with van der Waals surface area (Å²) in [6.07, 6.45) is 1.84. The van der Waals surface area contributed by atoms with Gasteiger partial charge >= 0.3 is 5.97 Å². The van der Waals surface area contributed by atoms with E-state index in [-0.39, 0.29) is 11.9 Å². The fourth-order valence-electron chi connectivity index (χ4n) is 1.61. The summed E-state index contributed by atoms with van der Waals surface area (Å²) >= 11 is 0. The smallest absolute Gasteiger partial charge is 0.309 e. The topological polar surface area (TPSA) is 38.3 Å². The first-order valence-electron chi connectivity index (χ1n) is 4.64. The largest absolute Gasteiger partial charge is 0.466 e. The number of piperidine rings is 1. The number of hydrogen-bond acceptors (Lipinski definition) is 3. The van der Waals surface area contributed by atoms with E-state index in [1.807, 2.05) is 6.92 Å². The summed E-state index contributed by atoms with van der Waals surface area (Å²) in [5.41, 5.74) is 0. The summed E-state index contributed by atoms with van der Waals surface area (Å²) < 4.78 is 4.96. The number of esters is 1. The lowest BCUT2D eigenvalue weighted by molar-refractivity contribution is -0.149. The summed E-state index contributed by atoms with van der Waals surface area (Å²) in [4.78, 5) is 11.3. The van der Waals surface area contributed by atoms with Gasteiger partial charge in [0.1, 0.15) is 0 Å². The van der Waals surface area contributed by atoms with E-state index in [0.29, 0.717) is 12.6 Å². The van der Waals surface area contributed by atoms with E-state index in [9.17, 15) is 4.79 Å². The van der Waals surface area contributed by atoms with Gasteiger partial charge < -0.3 is 10.1 Å². The van der Waals surface area contributed by atoms with Crippen molar-refractivity contribution in [1.82, 2.24) is 5.32 Å². The van der Waals surface area contributed by atoms with Crippen LogP contribution in [0.2, 0.25) is 0 Å². The molecular formula is C9H17NO2. The van der Waals surface area contributed by atoms with E-state index >= 15 is 0 Å². The van der Waals surface area contributed by atoms with Crippen LogP contribution in [0.1, 0.15) is 26.7 Å². The monoisotopic (exact) mass is 171 g/mol. The highest BCUT2D eigenvalue weighted by molar-refractivity contribution is 5.72. The van der Waals surface area contributed by atoms with Gasteiger partial charge in [-0.15, -0.1) is 0 Å². The lowest BCUT2D eigenvalue weighted by Gasteiger charge is -2.26. The van der Waals surface area contributed by atoms with Crippen molar-refractivity contribution in [3.05, 3.63) is 0 Å². The average Bonchev–Trinajstić information content (AvgIpc) is 2.05. The van der Waals surface area contributed by atoms with Gasteiger partial charge in [-0.05, 0) is 33.2 Å². The molecule has 0 aromatic carbocycles. The second-order valence-electron chi connectivity index (χ2n) is 3.33. The molecule has 1 fully saturated rings. The Hall–Kier alpha value is -0.570. The highest BCUT2D eigenvalue weighted by Gasteiger charge is 2.25. The maximum atomic E-state index is 11.3. The molecule has 1 rings (SSSR count). The van der Waals surface area contributed by atoms with E-state index in [2.05, 4.69) is 12.2 Å². The summed E-state index contributed by atoms with van der Waals surface area (Å²) in [7, 11) is 0. The molecule has 1 aliphatic rings. The Morgan fingerprint density at radius 1 is 1.67 bits per heavy atom. The van der Waals surface area contributed by atoms with E-state index in [1.165, 1.54) is 0 Å². The molecule has 70 valence electrons. The SMILES string of the molecule is CCOC(=O)[C@@H]1CCN[C@H](C)C1. The third-order valence-corrected chi connectivity index (χ3v) is 2.24. The zero-order chi connectivity index (χ0) is 8.97. The number of ether oxygens (including phenoxy) is 1. The summed E-state index contributed by atoms with van der Waals surface area (Å²) in [5.74, 6) is 0.104. The van der Waals surface area contributed by atoms with Crippen LogP contribution in [0.4, 0.5) is 0 Å². The van der Waals surface area contributed by atoms with Crippen LogP contribution < -0.4 is 5.32 Å². The minimum atomic E-state index is -0.0224. The van der Waals surface area contributed by atoms with Gasteiger partial charge in [0.05, 0.1) is 12.5 Å². The van der Waals surface area contributed by atoms with Crippen molar-refractivity contribution in [3.63, 3.8) is 0 Å². The Labute approximate surface area is 73.5 Å². The van der Waals surface area contributed by atoms with Crippen LogP contribution in [0.15, 0.2) is 0 Å². The average molecular weight is 171 g/mol. The van der Waals surface area contributed by atoms with Gasteiger partial charge in [-0.3, -0.25) is 4.79 Å². The molecule has 0 aromatic heterocycles. The molecule has 0 radical (unpaired) electrons. The minimum Gasteiger partial charge on any atom is -0.466 e. The quantitative estimate of drug-likeness (QED) is 0.628. The van der Waals surface area contributed by atoms with Crippen LogP contribution in [0, 0.1) is 5.92 Å². The number of rotatable bonds is 2. The van der Waals surface area contributed by atoms with Crippen molar-refractivity contribution < 1.29 is 9.53 Å². The van der Waals surface area contributed by atoms with E-state index < -0.39 is 0 Å². The number of carbonyl (C=O) groups excluding carboxylic acids is 1. The second kappa shape index (κ2) is 4.45. The van der Waals surface area contributed by atoms with Crippen LogP contribution in [0.3, 0.4) is 0 Å². The molecule has 1 heterocycles. The van der Waals surface area contributed by atoms with Crippen molar-refractivity contribution in [1.29, 1.82) is 0 Å². The van der Waals surface area contributed by atoms with Crippen LogP contribution >= 0.6 is 0 Å². The first kappa shape index (κ1) is 9.52. The molecule has 0 spiro atoms.